The lowest BCUT2D eigenvalue weighted by atomic mass is 10.1. The summed E-state index contributed by atoms with van der Waals surface area (Å²) in [6, 6.07) is 8.51. The number of nitrogens with one attached hydrogen (secondary N) is 1. The highest BCUT2D eigenvalue weighted by Gasteiger charge is 2.05. The molecule has 0 aliphatic rings. The Kier molecular flexibility index (Phi) is 4.58. The van der Waals surface area contributed by atoms with Crippen molar-refractivity contribution in [3.8, 4) is 0 Å². The lowest BCUT2D eigenvalue weighted by Crippen LogP contribution is -2.11. The van der Waals surface area contributed by atoms with E-state index in [9.17, 15) is 4.79 Å². The van der Waals surface area contributed by atoms with Crippen molar-refractivity contribution in [2.75, 3.05) is 13.7 Å². The Hall–Kier alpha value is -1.81. The third-order valence-electron chi connectivity index (χ3n) is 3.20. The normalized spacial score (nSPS) is 10.8. The van der Waals surface area contributed by atoms with E-state index in [1.54, 1.807) is 0 Å². The number of esters is 1. The van der Waals surface area contributed by atoms with E-state index in [4.69, 9.17) is 0 Å². The van der Waals surface area contributed by atoms with Gasteiger partial charge in [0.25, 0.3) is 0 Å². The van der Waals surface area contributed by atoms with Crippen LogP contribution in [0.15, 0.2) is 30.5 Å². The van der Waals surface area contributed by atoms with E-state index in [2.05, 4.69) is 45.8 Å². The van der Waals surface area contributed by atoms with E-state index in [1.165, 1.54) is 23.6 Å². The van der Waals surface area contributed by atoms with E-state index >= 15 is 0 Å². The number of methoxy groups -OCH3 is 1. The molecule has 2 rings (SSSR count). The highest BCUT2D eigenvalue weighted by Crippen LogP contribution is 2.18. The van der Waals surface area contributed by atoms with E-state index in [-0.39, 0.29) is 5.97 Å². The number of carbonyl (C=O) groups excluding carboxylic acids is 1. The van der Waals surface area contributed by atoms with Crippen LogP contribution in [0.1, 0.15) is 18.9 Å². The molecule has 0 saturated carbocycles. The van der Waals surface area contributed by atoms with Gasteiger partial charge >= 0.3 is 5.97 Å². The van der Waals surface area contributed by atoms with Crippen molar-refractivity contribution in [2.24, 2.45) is 0 Å². The molecule has 0 amide bonds. The molecule has 0 atom stereocenters. The van der Waals surface area contributed by atoms with Gasteiger partial charge in [0.1, 0.15) is 0 Å². The molecule has 0 saturated heterocycles. The molecule has 0 aliphatic carbocycles. The summed E-state index contributed by atoms with van der Waals surface area (Å²) < 4.78 is 6.77. The molecule has 2 aromatic rings. The maximum absolute atomic E-state index is 11.2. The van der Waals surface area contributed by atoms with Gasteiger partial charge < -0.3 is 14.6 Å². The third-order valence-corrected chi connectivity index (χ3v) is 3.20. The molecular weight excluding hydrogens is 240 g/mol. The Morgan fingerprint density at radius 2 is 2.21 bits per heavy atom. The maximum atomic E-state index is 11.2. The number of rotatable bonds is 6. The molecule has 1 heterocycles. The third kappa shape index (κ3) is 3.35. The van der Waals surface area contributed by atoms with Crippen molar-refractivity contribution < 1.29 is 9.53 Å². The summed E-state index contributed by atoms with van der Waals surface area (Å²) in [5.41, 5.74) is 2.42. The zero-order chi connectivity index (χ0) is 13.7. The van der Waals surface area contributed by atoms with Crippen molar-refractivity contribution >= 4 is 16.9 Å². The van der Waals surface area contributed by atoms with E-state index in [0.29, 0.717) is 13.0 Å². The number of aromatic nitrogens is 1. The molecule has 102 valence electrons. The van der Waals surface area contributed by atoms with Crippen LogP contribution < -0.4 is 5.32 Å². The number of ether oxygens (including phenoxy) is 1. The zero-order valence-corrected chi connectivity index (χ0v) is 11.5. The monoisotopic (exact) mass is 260 g/mol. The minimum Gasteiger partial charge on any atom is -0.469 e. The molecule has 19 heavy (non-hydrogen) atoms. The van der Waals surface area contributed by atoms with Crippen LogP contribution in [0.4, 0.5) is 0 Å². The second-order valence-corrected chi connectivity index (χ2v) is 4.51. The molecule has 1 N–H and O–H groups in total. The van der Waals surface area contributed by atoms with Crippen molar-refractivity contribution in [3.63, 3.8) is 0 Å². The number of hydrogen-bond acceptors (Lipinski definition) is 3. The molecule has 4 nitrogen and oxygen atoms in total. The van der Waals surface area contributed by atoms with Gasteiger partial charge in [0.2, 0.25) is 0 Å². The SMILES string of the molecule is CCNCc1ccc2ccn(CCC(=O)OC)c2c1. The molecular formula is C15H20N2O2. The van der Waals surface area contributed by atoms with Crippen LogP contribution >= 0.6 is 0 Å². The first kappa shape index (κ1) is 13.6. The van der Waals surface area contributed by atoms with Crippen LogP contribution in [-0.2, 0) is 22.6 Å². The summed E-state index contributed by atoms with van der Waals surface area (Å²) in [5, 5.41) is 4.52. The van der Waals surface area contributed by atoms with Gasteiger partial charge in [0.15, 0.2) is 0 Å². The molecule has 1 aromatic heterocycles. The molecule has 0 fully saturated rings. The molecule has 0 unspecified atom stereocenters. The predicted octanol–water partition coefficient (Wildman–Crippen LogP) is 2.31. The largest absolute Gasteiger partial charge is 0.469 e. The topological polar surface area (TPSA) is 43.3 Å². The fraction of sp³-hybridized carbons (Fsp3) is 0.400. The smallest absolute Gasteiger partial charge is 0.307 e. The van der Waals surface area contributed by atoms with Gasteiger partial charge in [-0.1, -0.05) is 19.1 Å². The number of nitrogens with zero attached hydrogens (tertiary/aromatic N) is 1. The Morgan fingerprint density at radius 3 is 2.95 bits per heavy atom. The van der Waals surface area contributed by atoms with Crippen LogP contribution in [-0.4, -0.2) is 24.2 Å². The number of aryl methyl sites for hydroxylation is 1. The summed E-state index contributed by atoms with van der Waals surface area (Å²) in [6.45, 7) is 4.58. The fourth-order valence-corrected chi connectivity index (χ4v) is 2.12. The van der Waals surface area contributed by atoms with Gasteiger partial charge in [-0.15, -0.1) is 0 Å². The summed E-state index contributed by atoms with van der Waals surface area (Å²) >= 11 is 0. The predicted molar refractivity (Wildman–Crippen MR) is 76.0 cm³/mol. The van der Waals surface area contributed by atoms with Crippen LogP contribution in [0.5, 0.6) is 0 Å². The van der Waals surface area contributed by atoms with Gasteiger partial charge in [-0.2, -0.15) is 0 Å². The van der Waals surface area contributed by atoms with Crippen LogP contribution in [0.2, 0.25) is 0 Å². The summed E-state index contributed by atoms with van der Waals surface area (Å²) in [7, 11) is 1.42. The first-order chi connectivity index (χ1) is 9.24. The second kappa shape index (κ2) is 6.38. The molecule has 0 spiro atoms. The Labute approximate surface area is 113 Å². The highest BCUT2D eigenvalue weighted by molar-refractivity contribution is 5.81. The van der Waals surface area contributed by atoms with Gasteiger partial charge in [0.05, 0.1) is 13.5 Å². The van der Waals surface area contributed by atoms with Crippen molar-refractivity contribution in [1.82, 2.24) is 9.88 Å². The molecule has 0 aliphatic heterocycles. The van der Waals surface area contributed by atoms with E-state index < -0.39 is 0 Å². The van der Waals surface area contributed by atoms with Crippen molar-refractivity contribution in [3.05, 3.63) is 36.0 Å². The molecule has 0 bridgehead atoms. The quantitative estimate of drug-likeness (QED) is 0.811. The van der Waals surface area contributed by atoms with Gasteiger partial charge in [-0.05, 0) is 29.6 Å². The minimum atomic E-state index is -0.175. The number of fused-ring (bicyclic) bond motifs is 1. The Balaban J connectivity index is 2.17. The average molecular weight is 260 g/mol. The average Bonchev–Trinajstić information content (AvgIpc) is 2.84. The van der Waals surface area contributed by atoms with E-state index in [1.807, 2.05) is 6.20 Å². The molecule has 4 heteroatoms. The van der Waals surface area contributed by atoms with Crippen molar-refractivity contribution in [2.45, 2.75) is 26.4 Å². The van der Waals surface area contributed by atoms with E-state index in [0.717, 1.165) is 13.1 Å². The van der Waals surface area contributed by atoms with Gasteiger partial charge in [-0.25, -0.2) is 0 Å². The number of benzene rings is 1. The lowest BCUT2D eigenvalue weighted by molar-refractivity contribution is -0.140. The minimum absolute atomic E-state index is 0.175. The lowest BCUT2D eigenvalue weighted by Gasteiger charge is -2.07. The van der Waals surface area contributed by atoms with Gasteiger partial charge in [-0.3, -0.25) is 4.79 Å². The summed E-state index contributed by atoms with van der Waals surface area (Å²) in [5.74, 6) is -0.175. The highest BCUT2D eigenvalue weighted by atomic mass is 16.5. The standard InChI is InChI=1S/C15H20N2O2/c1-3-16-11-12-4-5-13-6-8-17(14(13)10-12)9-7-15(18)19-2/h4-6,8,10,16H,3,7,9,11H2,1-2H3. The first-order valence-electron chi connectivity index (χ1n) is 6.60. The Morgan fingerprint density at radius 1 is 1.37 bits per heavy atom. The van der Waals surface area contributed by atoms with Crippen LogP contribution in [0.25, 0.3) is 10.9 Å². The fourth-order valence-electron chi connectivity index (χ4n) is 2.12. The van der Waals surface area contributed by atoms with Crippen LogP contribution in [0.3, 0.4) is 0 Å². The number of carbonyl (C=O) groups is 1. The van der Waals surface area contributed by atoms with Crippen LogP contribution in [0, 0.1) is 0 Å². The zero-order valence-electron chi connectivity index (χ0n) is 11.5. The number of hydrogen-bond donors (Lipinski definition) is 1. The summed E-state index contributed by atoms with van der Waals surface area (Å²) in [4.78, 5) is 11.2. The second-order valence-electron chi connectivity index (χ2n) is 4.51. The maximum Gasteiger partial charge on any atom is 0.307 e. The molecule has 0 radical (unpaired) electrons. The molecule has 1 aromatic carbocycles. The van der Waals surface area contributed by atoms with Crippen molar-refractivity contribution in [1.29, 1.82) is 0 Å². The Bertz CT molecular complexity index is 560. The summed E-state index contributed by atoms with van der Waals surface area (Å²) in [6.07, 6.45) is 2.42. The van der Waals surface area contributed by atoms with Gasteiger partial charge in [0, 0.05) is 24.8 Å². The first-order valence-corrected chi connectivity index (χ1v) is 6.60.